The van der Waals surface area contributed by atoms with Crippen molar-refractivity contribution in [3.8, 4) is 17.2 Å². The molecular formula is C18H16O6. The number of phenols is 3. The summed E-state index contributed by atoms with van der Waals surface area (Å²) >= 11 is 0. The van der Waals surface area contributed by atoms with Gasteiger partial charge in [0.05, 0.1) is 11.1 Å². The number of hydrogen-bond acceptors (Lipinski definition) is 6. The molecule has 1 aliphatic rings. The van der Waals surface area contributed by atoms with E-state index in [1.807, 2.05) is 0 Å². The van der Waals surface area contributed by atoms with Gasteiger partial charge in [-0.05, 0) is 44.5 Å². The number of fused-ring (bicyclic) bond motifs is 2. The van der Waals surface area contributed by atoms with Crippen LogP contribution < -0.4 is 0 Å². The van der Waals surface area contributed by atoms with E-state index < -0.39 is 17.3 Å². The molecule has 124 valence electrons. The Kier molecular flexibility index (Phi) is 4.41. The predicted molar refractivity (Wildman–Crippen MR) is 85.8 cm³/mol. The first-order chi connectivity index (χ1) is 11.1. The maximum Gasteiger partial charge on any atom is 0.201 e. The smallest absolute Gasteiger partial charge is 0.201 e. The molecule has 1 aliphatic carbocycles. The van der Waals surface area contributed by atoms with Gasteiger partial charge in [0.25, 0.3) is 0 Å². The van der Waals surface area contributed by atoms with E-state index in [-0.39, 0.29) is 39.5 Å². The van der Waals surface area contributed by atoms with Gasteiger partial charge in [0.2, 0.25) is 5.78 Å². The van der Waals surface area contributed by atoms with E-state index in [2.05, 4.69) is 0 Å². The third-order valence-electron chi connectivity index (χ3n) is 3.31. The third kappa shape index (κ3) is 2.99. The molecule has 0 saturated heterocycles. The zero-order chi connectivity index (χ0) is 18.2. The van der Waals surface area contributed by atoms with Crippen LogP contribution in [-0.2, 0) is 4.79 Å². The summed E-state index contributed by atoms with van der Waals surface area (Å²) in [5.74, 6) is -2.06. The lowest BCUT2D eigenvalue weighted by Gasteiger charge is -2.19. The number of carbonyl (C=O) groups is 3. The highest BCUT2D eigenvalue weighted by Crippen LogP contribution is 2.38. The fourth-order valence-electron chi connectivity index (χ4n) is 2.48. The molecule has 0 aliphatic heterocycles. The van der Waals surface area contributed by atoms with Crippen molar-refractivity contribution >= 4 is 17.3 Å². The van der Waals surface area contributed by atoms with Crippen molar-refractivity contribution in [2.75, 3.05) is 0 Å². The first-order valence-electron chi connectivity index (χ1n) is 7.09. The summed E-state index contributed by atoms with van der Waals surface area (Å²) in [4.78, 5) is 34.2. The van der Waals surface area contributed by atoms with Gasteiger partial charge >= 0.3 is 0 Å². The normalized spacial score (nSPS) is 12.0. The fourth-order valence-corrected chi connectivity index (χ4v) is 2.48. The molecule has 0 unspecified atom stereocenters. The highest BCUT2D eigenvalue weighted by Gasteiger charge is 2.34. The van der Waals surface area contributed by atoms with E-state index in [4.69, 9.17) is 0 Å². The third-order valence-corrected chi connectivity index (χ3v) is 3.31. The Bertz CT molecular complexity index is 812. The molecule has 24 heavy (non-hydrogen) atoms. The second-order valence-electron chi connectivity index (χ2n) is 5.66. The summed E-state index contributed by atoms with van der Waals surface area (Å²) in [6.07, 6.45) is 0. The van der Waals surface area contributed by atoms with Gasteiger partial charge in [0.1, 0.15) is 23.0 Å². The largest absolute Gasteiger partial charge is 0.508 e. The summed E-state index contributed by atoms with van der Waals surface area (Å²) in [5.41, 5.74) is 0.332. The lowest BCUT2D eigenvalue weighted by atomic mass is 9.82. The first kappa shape index (κ1) is 17.2. The summed E-state index contributed by atoms with van der Waals surface area (Å²) in [5, 5.41) is 29.1. The minimum atomic E-state index is -0.635. The second-order valence-corrected chi connectivity index (χ2v) is 5.66. The van der Waals surface area contributed by atoms with Gasteiger partial charge in [-0.25, -0.2) is 0 Å². The molecule has 0 bridgehead atoms. The van der Waals surface area contributed by atoms with Crippen molar-refractivity contribution in [1.82, 2.24) is 0 Å². The van der Waals surface area contributed by atoms with Crippen LogP contribution in [0.4, 0.5) is 0 Å². The van der Waals surface area contributed by atoms with Gasteiger partial charge in [-0.1, -0.05) is 0 Å². The van der Waals surface area contributed by atoms with Crippen molar-refractivity contribution in [2.24, 2.45) is 0 Å². The highest BCUT2D eigenvalue weighted by atomic mass is 16.3. The van der Waals surface area contributed by atoms with Gasteiger partial charge in [0.15, 0.2) is 5.78 Å². The maximum atomic E-state index is 12.4. The zero-order valence-corrected chi connectivity index (χ0v) is 13.4. The van der Waals surface area contributed by atoms with E-state index >= 15 is 0 Å². The van der Waals surface area contributed by atoms with Gasteiger partial charge < -0.3 is 20.1 Å². The van der Waals surface area contributed by atoms with E-state index in [1.165, 1.54) is 26.0 Å². The molecular weight excluding hydrogens is 312 g/mol. The van der Waals surface area contributed by atoms with Crippen LogP contribution in [-0.4, -0.2) is 32.7 Å². The van der Waals surface area contributed by atoms with Crippen LogP contribution in [0.1, 0.15) is 51.3 Å². The Hall–Kier alpha value is -3.15. The fraction of sp³-hybridized carbons (Fsp3) is 0.167. The molecule has 0 aromatic heterocycles. The minimum absolute atomic E-state index is 0.0648. The molecule has 6 nitrogen and oxygen atoms in total. The summed E-state index contributed by atoms with van der Waals surface area (Å²) in [6.45, 7) is 4.74. The van der Waals surface area contributed by atoms with Crippen LogP contribution in [0.5, 0.6) is 17.2 Å². The van der Waals surface area contributed by atoms with E-state index in [1.54, 1.807) is 6.92 Å². The lowest BCUT2D eigenvalue weighted by molar-refractivity contribution is -0.115. The quantitative estimate of drug-likeness (QED) is 0.584. The number of rotatable bonds is 0. The topological polar surface area (TPSA) is 112 Å². The molecule has 2 aromatic rings. The van der Waals surface area contributed by atoms with Gasteiger partial charge in [-0.2, -0.15) is 0 Å². The van der Waals surface area contributed by atoms with Crippen LogP contribution in [0.2, 0.25) is 0 Å². The molecule has 0 saturated carbocycles. The molecule has 0 fully saturated rings. The number of benzene rings is 2. The molecule has 2 aromatic carbocycles. The summed E-state index contributed by atoms with van der Waals surface area (Å²) in [6, 6.07) is 5.00. The summed E-state index contributed by atoms with van der Waals surface area (Å²) in [7, 11) is 0. The molecule has 0 spiro atoms. The molecule has 0 amide bonds. The summed E-state index contributed by atoms with van der Waals surface area (Å²) < 4.78 is 0. The number of Topliss-reactive ketones (excluding diaryl/α,β-unsaturated/α-hetero) is 1. The first-order valence-corrected chi connectivity index (χ1v) is 7.09. The second kappa shape index (κ2) is 6.16. The van der Waals surface area contributed by atoms with E-state index in [0.717, 1.165) is 12.1 Å². The molecule has 3 rings (SSSR count). The Morgan fingerprint density at radius 2 is 1.25 bits per heavy atom. The van der Waals surface area contributed by atoms with Crippen LogP contribution in [0.3, 0.4) is 0 Å². The van der Waals surface area contributed by atoms with Crippen molar-refractivity contribution in [1.29, 1.82) is 0 Å². The molecule has 0 radical (unpaired) electrons. The van der Waals surface area contributed by atoms with Crippen molar-refractivity contribution in [3.05, 3.63) is 52.1 Å². The van der Waals surface area contributed by atoms with Crippen molar-refractivity contribution in [2.45, 2.75) is 20.8 Å². The highest BCUT2D eigenvalue weighted by molar-refractivity contribution is 6.30. The molecule has 0 atom stereocenters. The van der Waals surface area contributed by atoms with Crippen LogP contribution in [0, 0.1) is 6.92 Å². The maximum absolute atomic E-state index is 12.4. The Morgan fingerprint density at radius 1 is 0.792 bits per heavy atom. The van der Waals surface area contributed by atoms with Gasteiger partial charge in [0, 0.05) is 17.2 Å². The average molecular weight is 328 g/mol. The number of aryl methyl sites for hydroxylation is 1. The number of aromatic hydroxyl groups is 3. The Labute approximate surface area is 138 Å². The number of carbonyl (C=O) groups excluding carboxylic acids is 3. The van der Waals surface area contributed by atoms with Crippen molar-refractivity contribution < 1.29 is 29.7 Å². The lowest BCUT2D eigenvalue weighted by Crippen LogP contribution is -2.21. The van der Waals surface area contributed by atoms with E-state index in [0.29, 0.717) is 5.56 Å². The standard InChI is InChI=1S/C15H10O5.C3H6O/c1-6-2-8-12(10(17)3-6)15(20)13-9(14(8)19)4-7(16)5-11(13)18;1-3(2)4/h2-5,16-18H,1H3;1-2H3. The predicted octanol–water partition coefficient (Wildman–Crippen LogP) is 2.48. The molecule has 3 N–H and O–H groups in total. The number of hydrogen-bond donors (Lipinski definition) is 3. The Balaban J connectivity index is 0.000000471. The van der Waals surface area contributed by atoms with Gasteiger partial charge in [-0.3, -0.25) is 9.59 Å². The molecule has 0 heterocycles. The van der Waals surface area contributed by atoms with Crippen LogP contribution in [0.25, 0.3) is 0 Å². The van der Waals surface area contributed by atoms with Crippen molar-refractivity contribution in [3.63, 3.8) is 0 Å². The average Bonchev–Trinajstić information content (AvgIpc) is 2.42. The number of phenolic OH excluding ortho intramolecular Hbond substituents is 3. The number of ketones is 3. The van der Waals surface area contributed by atoms with E-state index in [9.17, 15) is 29.7 Å². The molecule has 6 heteroatoms. The van der Waals surface area contributed by atoms with Gasteiger partial charge in [-0.15, -0.1) is 0 Å². The SMILES string of the molecule is CC(C)=O.Cc1cc(O)c2c(c1)C(=O)c1cc(O)cc(O)c1C2=O. The monoisotopic (exact) mass is 328 g/mol. The minimum Gasteiger partial charge on any atom is -0.508 e. The van der Waals surface area contributed by atoms with Crippen LogP contribution >= 0.6 is 0 Å². The zero-order valence-electron chi connectivity index (χ0n) is 13.4. The Morgan fingerprint density at radius 3 is 1.79 bits per heavy atom. The van der Waals surface area contributed by atoms with Crippen LogP contribution in [0.15, 0.2) is 24.3 Å².